The summed E-state index contributed by atoms with van der Waals surface area (Å²) in [5.74, 6) is 0. The van der Waals surface area contributed by atoms with Crippen molar-refractivity contribution in [2.45, 2.75) is 32.8 Å². The van der Waals surface area contributed by atoms with E-state index in [4.69, 9.17) is 5.11 Å². The third kappa shape index (κ3) is 2.05. The number of aliphatic hydroxyl groups is 1. The fourth-order valence-corrected chi connectivity index (χ4v) is 1.04. The first-order chi connectivity index (χ1) is 5.38. The zero-order chi connectivity index (χ0) is 8.10. The molecule has 11 heavy (non-hydrogen) atoms. The Bertz CT molecular complexity index is 208. The maximum Gasteiger partial charge on any atom is 0.0715 e. The molecular weight excluding hydrogens is 140 g/mol. The van der Waals surface area contributed by atoms with Gasteiger partial charge in [-0.25, -0.2) is 0 Å². The van der Waals surface area contributed by atoms with Gasteiger partial charge >= 0.3 is 0 Å². The number of aromatic nitrogens is 2. The molecule has 0 amide bonds. The molecule has 0 saturated carbocycles. The number of hydrogen-bond donors (Lipinski definition) is 2. The lowest BCUT2D eigenvalue weighted by molar-refractivity contribution is 0.280. The topological polar surface area (TPSA) is 48.9 Å². The van der Waals surface area contributed by atoms with Crippen molar-refractivity contribution < 1.29 is 5.11 Å². The average molecular weight is 154 g/mol. The van der Waals surface area contributed by atoms with E-state index in [2.05, 4.69) is 17.1 Å². The molecule has 0 atom stereocenters. The largest absolute Gasteiger partial charge is 0.392 e. The van der Waals surface area contributed by atoms with E-state index in [1.807, 2.05) is 0 Å². The van der Waals surface area contributed by atoms with Gasteiger partial charge in [0.2, 0.25) is 0 Å². The Morgan fingerprint density at radius 1 is 1.64 bits per heavy atom. The van der Waals surface area contributed by atoms with E-state index in [0.29, 0.717) is 0 Å². The first kappa shape index (κ1) is 8.27. The number of nitrogens with one attached hydrogen (secondary N) is 1. The summed E-state index contributed by atoms with van der Waals surface area (Å²) in [6.45, 7) is 2.24. The molecule has 0 aliphatic carbocycles. The van der Waals surface area contributed by atoms with Crippen LogP contribution in [-0.4, -0.2) is 15.3 Å². The van der Waals surface area contributed by atoms with E-state index in [0.717, 1.165) is 24.1 Å². The zero-order valence-electron chi connectivity index (χ0n) is 6.80. The van der Waals surface area contributed by atoms with Crippen molar-refractivity contribution in [2.75, 3.05) is 0 Å². The van der Waals surface area contributed by atoms with Gasteiger partial charge in [0.25, 0.3) is 0 Å². The average Bonchev–Trinajstić information content (AvgIpc) is 2.47. The number of nitrogens with zero attached hydrogens (tertiary/aromatic N) is 1. The molecule has 0 bridgehead atoms. The highest BCUT2D eigenvalue weighted by atomic mass is 16.3. The third-order valence-corrected chi connectivity index (χ3v) is 1.76. The molecule has 0 aliphatic rings. The van der Waals surface area contributed by atoms with E-state index in [1.165, 1.54) is 6.42 Å². The molecule has 62 valence electrons. The number of aromatic amines is 1. The lowest BCUT2D eigenvalue weighted by atomic mass is 10.1. The lowest BCUT2D eigenvalue weighted by Gasteiger charge is -1.97. The van der Waals surface area contributed by atoms with Gasteiger partial charge in [0.1, 0.15) is 0 Å². The molecule has 0 aromatic carbocycles. The molecular formula is C8H14N2O. The maximum atomic E-state index is 8.85. The van der Waals surface area contributed by atoms with Crippen LogP contribution in [-0.2, 0) is 13.0 Å². The van der Waals surface area contributed by atoms with Crippen molar-refractivity contribution in [3.63, 3.8) is 0 Å². The fourth-order valence-electron chi connectivity index (χ4n) is 1.04. The molecule has 1 rings (SSSR count). The van der Waals surface area contributed by atoms with Crippen molar-refractivity contribution >= 4 is 0 Å². The molecule has 2 N–H and O–H groups in total. The Labute approximate surface area is 66.4 Å². The minimum absolute atomic E-state index is 0.0928. The van der Waals surface area contributed by atoms with Crippen LogP contribution in [0.3, 0.4) is 0 Å². The summed E-state index contributed by atoms with van der Waals surface area (Å²) in [5, 5.41) is 15.6. The molecule has 1 aromatic heterocycles. The molecule has 1 aromatic rings. The Hall–Kier alpha value is -0.830. The van der Waals surface area contributed by atoms with E-state index in [-0.39, 0.29) is 6.61 Å². The predicted molar refractivity (Wildman–Crippen MR) is 43.1 cm³/mol. The molecule has 0 radical (unpaired) electrons. The van der Waals surface area contributed by atoms with Gasteiger partial charge in [-0.15, -0.1) is 0 Å². The molecule has 0 fully saturated rings. The van der Waals surface area contributed by atoms with Crippen LogP contribution in [0.25, 0.3) is 0 Å². The van der Waals surface area contributed by atoms with Crippen LogP contribution >= 0.6 is 0 Å². The summed E-state index contributed by atoms with van der Waals surface area (Å²) in [6.07, 6.45) is 5.00. The second kappa shape index (κ2) is 4.13. The van der Waals surface area contributed by atoms with Crippen LogP contribution in [0.15, 0.2) is 6.20 Å². The van der Waals surface area contributed by atoms with Crippen LogP contribution in [0.5, 0.6) is 0 Å². The predicted octanol–water partition coefficient (Wildman–Crippen LogP) is 1.24. The van der Waals surface area contributed by atoms with Gasteiger partial charge in [-0.05, 0) is 12.8 Å². The van der Waals surface area contributed by atoms with Gasteiger partial charge in [-0.1, -0.05) is 13.3 Å². The summed E-state index contributed by atoms with van der Waals surface area (Å²) >= 11 is 0. The first-order valence-electron chi connectivity index (χ1n) is 4.00. The second-order valence-corrected chi connectivity index (χ2v) is 2.64. The highest BCUT2D eigenvalue weighted by Gasteiger charge is 2.01. The van der Waals surface area contributed by atoms with Crippen LogP contribution in [0.1, 0.15) is 31.0 Å². The highest BCUT2D eigenvalue weighted by Crippen LogP contribution is 2.07. The van der Waals surface area contributed by atoms with E-state index in [9.17, 15) is 0 Å². The van der Waals surface area contributed by atoms with Crippen LogP contribution in [0.2, 0.25) is 0 Å². The molecule has 1 heterocycles. The lowest BCUT2D eigenvalue weighted by Crippen LogP contribution is -1.91. The normalized spacial score (nSPS) is 10.4. The van der Waals surface area contributed by atoms with Gasteiger partial charge in [-0.3, -0.25) is 5.10 Å². The van der Waals surface area contributed by atoms with Crippen molar-refractivity contribution in [2.24, 2.45) is 0 Å². The monoisotopic (exact) mass is 154 g/mol. The first-order valence-corrected chi connectivity index (χ1v) is 4.00. The van der Waals surface area contributed by atoms with Crippen molar-refractivity contribution in [3.05, 3.63) is 17.5 Å². The number of aliphatic hydroxyl groups excluding tert-OH is 1. The SMILES string of the molecule is CCCCc1[nH]ncc1CO. The molecule has 0 saturated heterocycles. The van der Waals surface area contributed by atoms with E-state index >= 15 is 0 Å². The van der Waals surface area contributed by atoms with E-state index in [1.54, 1.807) is 6.20 Å². The number of unbranched alkanes of at least 4 members (excludes halogenated alkanes) is 1. The smallest absolute Gasteiger partial charge is 0.0715 e. The number of hydrogen-bond acceptors (Lipinski definition) is 2. The Morgan fingerprint density at radius 2 is 2.45 bits per heavy atom. The standard InChI is InChI=1S/C8H14N2O/c1-2-3-4-8-7(6-11)5-9-10-8/h5,11H,2-4,6H2,1H3,(H,9,10). The summed E-state index contributed by atoms with van der Waals surface area (Å²) in [5.41, 5.74) is 2.01. The minimum atomic E-state index is 0.0928. The van der Waals surface area contributed by atoms with Gasteiger partial charge in [0.05, 0.1) is 12.8 Å². The third-order valence-electron chi connectivity index (χ3n) is 1.76. The van der Waals surface area contributed by atoms with Crippen molar-refractivity contribution in [3.8, 4) is 0 Å². The molecule has 3 nitrogen and oxygen atoms in total. The molecule has 0 unspecified atom stereocenters. The summed E-state index contributed by atoms with van der Waals surface area (Å²) < 4.78 is 0. The van der Waals surface area contributed by atoms with Gasteiger partial charge in [0, 0.05) is 11.3 Å². The van der Waals surface area contributed by atoms with Crippen molar-refractivity contribution in [1.29, 1.82) is 0 Å². The van der Waals surface area contributed by atoms with Gasteiger partial charge in [-0.2, -0.15) is 5.10 Å². The molecule has 0 aliphatic heterocycles. The fraction of sp³-hybridized carbons (Fsp3) is 0.625. The quantitative estimate of drug-likeness (QED) is 0.685. The van der Waals surface area contributed by atoms with Crippen LogP contribution in [0.4, 0.5) is 0 Å². The number of rotatable bonds is 4. The van der Waals surface area contributed by atoms with Crippen LogP contribution in [0, 0.1) is 0 Å². The van der Waals surface area contributed by atoms with E-state index < -0.39 is 0 Å². The number of H-pyrrole nitrogens is 1. The second-order valence-electron chi connectivity index (χ2n) is 2.64. The zero-order valence-corrected chi connectivity index (χ0v) is 6.80. The number of aryl methyl sites for hydroxylation is 1. The molecule has 0 spiro atoms. The molecule has 3 heteroatoms. The summed E-state index contributed by atoms with van der Waals surface area (Å²) in [4.78, 5) is 0. The van der Waals surface area contributed by atoms with Gasteiger partial charge in [0.15, 0.2) is 0 Å². The maximum absolute atomic E-state index is 8.85. The minimum Gasteiger partial charge on any atom is -0.392 e. The summed E-state index contributed by atoms with van der Waals surface area (Å²) in [7, 11) is 0. The van der Waals surface area contributed by atoms with Crippen molar-refractivity contribution in [1.82, 2.24) is 10.2 Å². The Kier molecular flexibility index (Phi) is 3.11. The highest BCUT2D eigenvalue weighted by molar-refractivity contribution is 5.14. The van der Waals surface area contributed by atoms with Gasteiger partial charge < -0.3 is 5.11 Å². The Morgan fingerprint density at radius 3 is 3.09 bits per heavy atom. The Balaban J connectivity index is 2.54. The van der Waals surface area contributed by atoms with Crippen LogP contribution < -0.4 is 0 Å². The summed E-state index contributed by atoms with van der Waals surface area (Å²) in [6, 6.07) is 0.